The van der Waals surface area contributed by atoms with Gasteiger partial charge in [-0.05, 0) is 80.0 Å². The predicted octanol–water partition coefficient (Wildman–Crippen LogP) is 5.16. The maximum Gasteiger partial charge on any atom is 0.194 e. The molecule has 7 aliphatic rings. The summed E-state index contributed by atoms with van der Waals surface area (Å²) in [4.78, 5) is 13.8. The van der Waals surface area contributed by atoms with Crippen LogP contribution in [0.2, 0.25) is 0 Å². The van der Waals surface area contributed by atoms with E-state index in [-0.39, 0.29) is 24.1 Å². The minimum atomic E-state index is -1.23. The Balaban J connectivity index is 1.30. The Hall–Kier alpha value is -0.450. The summed E-state index contributed by atoms with van der Waals surface area (Å²) < 4.78 is 12.4. The lowest BCUT2D eigenvalue weighted by Crippen LogP contribution is -2.79. The van der Waals surface area contributed by atoms with E-state index in [1.54, 1.807) is 0 Å². The van der Waals surface area contributed by atoms with E-state index in [2.05, 4.69) is 34.6 Å². The van der Waals surface area contributed by atoms with Crippen molar-refractivity contribution < 1.29 is 19.4 Å². The molecule has 3 saturated heterocycles. The number of ether oxygens (including phenoxy) is 2. The molecule has 180 valence electrons. The van der Waals surface area contributed by atoms with Gasteiger partial charge in [0.05, 0.1) is 18.3 Å². The maximum absolute atomic E-state index is 13.8. The van der Waals surface area contributed by atoms with Crippen molar-refractivity contribution >= 4 is 5.78 Å². The van der Waals surface area contributed by atoms with Crippen LogP contribution in [-0.2, 0) is 14.3 Å². The number of rotatable bonds is 5. The molecule has 7 fully saturated rings. The van der Waals surface area contributed by atoms with E-state index in [0.29, 0.717) is 29.6 Å². The molecule has 2 bridgehead atoms. The van der Waals surface area contributed by atoms with Crippen molar-refractivity contribution in [3.8, 4) is 0 Å². The van der Waals surface area contributed by atoms with Crippen LogP contribution in [0.15, 0.2) is 0 Å². The van der Waals surface area contributed by atoms with E-state index in [0.717, 1.165) is 30.6 Å². The minimum Gasteiger partial charge on any atom is -0.381 e. The summed E-state index contributed by atoms with van der Waals surface area (Å²) in [7, 11) is 0. The van der Waals surface area contributed by atoms with Gasteiger partial charge in [-0.15, -0.1) is 0 Å². The number of carbonyl (C=O) groups excluding carboxylic acids is 1. The Kier molecular flexibility index (Phi) is 4.85. The zero-order chi connectivity index (χ0) is 22.6. The van der Waals surface area contributed by atoms with Crippen LogP contribution in [0.4, 0.5) is 0 Å². The molecule has 0 aromatic carbocycles. The van der Waals surface area contributed by atoms with Gasteiger partial charge in [-0.2, -0.15) is 0 Å². The SMILES string of the molecule is CC(C)CCC[C@@H](C)[C@H]1CC[C@H]2[C@@H]3[C@H]4O[C@H](C)[C@@]5(C[C@H]6O[C@H]6C[C@]5(O)C4=O)[C@H]3CC[C@]12C. The molecule has 0 aromatic rings. The highest BCUT2D eigenvalue weighted by atomic mass is 16.6. The van der Waals surface area contributed by atoms with Gasteiger partial charge in [-0.3, -0.25) is 4.79 Å². The van der Waals surface area contributed by atoms with Crippen molar-refractivity contribution in [2.24, 2.45) is 46.3 Å². The van der Waals surface area contributed by atoms with E-state index in [1.165, 1.54) is 38.5 Å². The first-order valence-electron chi connectivity index (χ1n) is 13.7. The largest absolute Gasteiger partial charge is 0.381 e. The monoisotopic (exact) mass is 444 g/mol. The van der Waals surface area contributed by atoms with Gasteiger partial charge in [0.1, 0.15) is 11.7 Å². The highest BCUT2D eigenvalue weighted by Crippen LogP contribution is 2.73. The molecule has 4 aliphatic carbocycles. The van der Waals surface area contributed by atoms with Gasteiger partial charge in [0.15, 0.2) is 5.78 Å². The second-order valence-corrected chi connectivity index (χ2v) is 13.4. The van der Waals surface area contributed by atoms with Crippen LogP contribution in [0.1, 0.15) is 92.4 Å². The highest BCUT2D eigenvalue weighted by Gasteiger charge is 2.80. The number of fused-ring (bicyclic) bond motifs is 3. The Bertz CT molecular complexity index is 794. The molecule has 0 amide bonds. The summed E-state index contributed by atoms with van der Waals surface area (Å²) in [6, 6.07) is 0. The van der Waals surface area contributed by atoms with Crippen molar-refractivity contribution in [1.82, 2.24) is 0 Å². The summed E-state index contributed by atoms with van der Waals surface area (Å²) >= 11 is 0. The molecule has 3 heterocycles. The number of aliphatic hydroxyl groups is 1. The lowest BCUT2D eigenvalue weighted by atomic mass is 9.39. The standard InChI is InChI=1S/C28H44O4/c1-15(2)7-6-8-16(3)18-9-10-19-23-20(11-12-26(18,19)5)27-13-21-22(32-21)14-28(27,30)25(29)24(23)31-17(27)4/h15-24,30H,6-14H2,1-5H3/t16-,17-,18-,19+,20+,21-,22+,23+,24-,26-,27+,28+/m1/s1. The fraction of sp³-hybridized carbons (Fsp3) is 0.964. The average Bonchev–Trinajstić information content (AvgIpc) is 3.36. The second-order valence-electron chi connectivity index (χ2n) is 13.4. The molecular weight excluding hydrogens is 400 g/mol. The zero-order valence-electron chi connectivity index (χ0n) is 20.8. The van der Waals surface area contributed by atoms with E-state index in [4.69, 9.17) is 9.47 Å². The van der Waals surface area contributed by atoms with Crippen LogP contribution in [0.5, 0.6) is 0 Å². The summed E-state index contributed by atoms with van der Waals surface area (Å²) in [5, 5.41) is 11.9. The van der Waals surface area contributed by atoms with Crippen LogP contribution in [0, 0.1) is 46.3 Å². The Morgan fingerprint density at radius 1 is 1.03 bits per heavy atom. The van der Waals surface area contributed by atoms with Gasteiger partial charge < -0.3 is 14.6 Å². The van der Waals surface area contributed by atoms with E-state index in [1.807, 2.05) is 0 Å². The van der Waals surface area contributed by atoms with Crippen LogP contribution in [0.25, 0.3) is 0 Å². The highest BCUT2D eigenvalue weighted by molar-refractivity contribution is 5.95. The Morgan fingerprint density at radius 2 is 1.78 bits per heavy atom. The fourth-order valence-electron chi connectivity index (χ4n) is 10.3. The quantitative estimate of drug-likeness (QED) is 0.595. The first-order chi connectivity index (χ1) is 15.1. The summed E-state index contributed by atoms with van der Waals surface area (Å²) in [6.07, 6.45) is 10.1. The molecule has 1 spiro atoms. The van der Waals surface area contributed by atoms with Gasteiger partial charge in [0.25, 0.3) is 0 Å². The number of epoxide rings is 1. The van der Waals surface area contributed by atoms with Crippen molar-refractivity contribution in [2.75, 3.05) is 0 Å². The molecule has 0 unspecified atom stereocenters. The van der Waals surface area contributed by atoms with Gasteiger partial charge >= 0.3 is 0 Å². The Labute approximate surface area is 194 Å². The first-order valence-corrected chi connectivity index (χ1v) is 13.7. The number of carbonyl (C=O) groups is 1. The third-order valence-electron chi connectivity index (χ3n) is 11.8. The number of Topliss-reactive ketones (excluding diaryl/α,β-unsaturated/α-hetero) is 1. The molecular formula is C28H44O4. The third-order valence-corrected chi connectivity index (χ3v) is 11.8. The van der Waals surface area contributed by atoms with Crippen LogP contribution >= 0.6 is 0 Å². The van der Waals surface area contributed by atoms with Crippen LogP contribution < -0.4 is 0 Å². The number of ketones is 1. The normalized spacial score (nSPS) is 56.4. The molecule has 7 rings (SSSR count). The fourth-order valence-corrected chi connectivity index (χ4v) is 10.3. The topological polar surface area (TPSA) is 59.1 Å². The minimum absolute atomic E-state index is 0.00322. The zero-order valence-corrected chi connectivity index (χ0v) is 20.8. The summed E-state index contributed by atoms with van der Waals surface area (Å²) in [6.45, 7) is 11.8. The van der Waals surface area contributed by atoms with Gasteiger partial charge in [0.2, 0.25) is 0 Å². The van der Waals surface area contributed by atoms with Gasteiger partial charge in [-0.1, -0.05) is 47.0 Å². The Morgan fingerprint density at radius 3 is 2.53 bits per heavy atom. The summed E-state index contributed by atoms with van der Waals surface area (Å²) in [5.41, 5.74) is -1.36. The van der Waals surface area contributed by atoms with Gasteiger partial charge in [-0.25, -0.2) is 0 Å². The molecule has 32 heavy (non-hydrogen) atoms. The number of hydrogen-bond acceptors (Lipinski definition) is 4. The lowest BCUT2D eigenvalue weighted by Gasteiger charge is -2.70. The molecule has 4 nitrogen and oxygen atoms in total. The smallest absolute Gasteiger partial charge is 0.194 e. The van der Waals surface area contributed by atoms with E-state index >= 15 is 0 Å². The third kappa shape index (κ3) is 2.64. The molecule has 4 saturated carbocycles. The van der Waals surface area contributed by atoms with Crippen LogP contribution in [-0.4, -0.2) is 40.9 Å². The first kappa shape index (κ1) is 22.0. The molecule has 0 aromatic heterocycles. The average molecular weight is 445 g/mol. The van der Waals surface area contributed by atoms with Crippen molar-refractivity contribution in [3.05, 3.63) is 0 Å². The predicted molar refractivity (Wildman–Crippen MR) is 123 cm³/mol. The molecule has 0 radical (unpaired) electrons. The second kappa shape index (κ2) is 7.04. The van der Waals surface area contributed by atoms with E-state index in [9.17, 15) is 9.90 Å². The van der Waals surface area contributed by atoms with Crippen LogP contribution in [0.3, 0.4) is 0 Å². The summed E-state index contributed by atoms with van der Waals surface area (Å²) in [5.74, 6) is 3.55. The van der Waals surface area contributed by atoms with Crippen molar-refractivity contribution in [3.63, 3.8) is 0 Å². The van der Waals surface area contributed by atoms with Crippen molar-refractivity contribution in [2.45, 2.75) is 122 Å². The molecule has 1 N–H and O–H groups in total. The van der Waals surface area contributed by atoms with Gasteiger partial charge in [0, 0.05) is 11.8 Å². The lowest BCUT2D eigenvalue weighted by molar-refractivity contribution is -0.311. The number of hydrogen-bond donors (Lipinski definition) is 1. The molecule has 3 aliphatic heterocycles. The molecule has 12 atom stereocenters. The van der Waals surface area contributed by atoms with E-state index < -0.39 is 17.1 Å². The van der Waals surface area contributed by atoms with Crippen molar-refractivity contribution in [1.29, 1.82) is 0 Å². The molecule has 4 heteroatoms. The maximum atomic E-state index is 13.8.